The van der Waals surface area contributed by atoms with Gasteiger partial charge in [-0.25, -0.2) is 8.42 Å². The van der Waals surface area contributed by atoms with Crippen LogP contribution in [0.25, 0.3) is 0 Å². The first-order valence-corrected chi connectivity index (χ1v) is 8.49. The molecule has 0 saturated carbocycles. The van der Waals surface area contributed by atoms with Gasteiger partial charge in [0.15, 0.2) is 0 Å². The smallest absolute Gasteiger partial charge is 0.148 e. The number of pyridine rings is 1. The average molecular weight is 274 g/mol. The van der Waals surface area contributed by atoms with Gasteiger partial charge in [-0.15, -0.1) is 11.8 Å². The lowest BCUT2D eigenvalue weighted by Crippen LogP contribution is -2.10. The van der Waals surface area contributed by atoms with Crippen molar-refractivity contribution >= 4 is 21.6 Å². The van der Waals surface area contributed by atoms with Crippen LogP contribution in [-0.4, -0.2) is 31.2 Å². The number of thioether (sulfide) groups is 1. The number of hydrogen-bond acceptors (Lipinski definition) is 5. The normalized spacial score (nSPS) is 13.6. The summed E-state index contributed by atoms with van der Waals surface area (Å²) in [5, 5.41) is 0. The Bertz CT molecular complexity index is 443. The van der Waals surface area contributed by atoms with Gasteiger partial charge in [-0.1, -0.05) is 6.92 Å². The van der Waals surface area contributed by atoms with Crippen LogP contribution >= 0.6 is 11.8 Å². The van der Waals surface area contributed by atoms with E-state index in [4.69, 9.17) is 5.73 Å². The maximum atomic E-state index is 11.0. The van der Waals surface area contributed by atoms with Crippen molar-refractivity contribution in [3.63, 3.8) is 0 Å². The number of hydrogen-bond donors (Lipinski definition) is 1. The molecule has 0 aromatic carbocycles. The number of nitrogens with two attached hydrogens (primary N) is 1. The molecule has 17 heavy (non-hydrogen) atoms. The van der Waals surface area contributed by atoms with Gasteiger partial charge >= 0.3 is 0 Å². The van der Waals surface area contributed by atoms with E-state index in [0.29, 0.717) is 5.75 Å². The van der Waals surface area contributed by atoms with Gasteiger partial charge in [0.1, 0.15) is 9.84 Å². The Morgan fingerprint density at radius 2 is 2.18 bits per heavy atom. The van der Waals surface area contributed by atoms with Gasteiger partial charge in [0.05, 0.1) is 11.4 Å². The highest BCUT2D eigenvalue weighted by molar-refractivity contribution is 8.00. The molecule has 0 unspecified atom stereocenters. The average Bonchev–Trinajstić information content (AvgIpc) is 2.27. The Labute approximate surface area is 107 Å². The second-order valence-corrected chi connectivity index (χ2v) is 7.34. The quantitative estimate of drug-likeness (QED) is 0.798. The fraction of sp³-hybridized carbons (Fsp3) is 0.545. The summed E-state index contributed by atoms with van der Waals surface area (Å²) in [6, 6.07) is 3.81. The zero-order valence-corrected chi connectivity index (χ0v) is 11.7. The van der Waals surface area contributed by atoms with Gasteiger partial charge in [0.25, 0.3) is 0 Å². The monoisotopic (exact) mass is 274 g/mol. The van der Waals surface area contributed by atoms with Gasteiger partial charge in [-0.05, 0) is 18.6 Å². The predicted octanol–water partition coefficient (Wildman–Crippen LogP) is 1.63. The molecule has 0 aliphatic heterocycles. The van der Waals surface area contributed by atoms with Crippen molar-refractivity contribution in [2.45, 2.75) is 24.3 Å². The fourth-order valence-corrected chi connectivity index (χ4v) is 3.29. The van der Waals surface area contributed by atoms with Crippen molar-refractivity contribution in [3.8, 4) is 0 Å². The molecular weight excluding hydrogens is 256 g/mol. The molecule has 96 valence electrons. The maximum absolute atomic E-state index is 11.0. The summed E-state index contributed by atoms with van der Waals surface area (Å²) in [5.41, 5.74) is 6.73. The number of sulfone groups is 1. The first-order chi connectivity index (χ1) is 7.92. The first-order valence-electron chi connectivity index (χ1n) is 5.44. The fourth-order valence-electron chi connectivity index (χ4n) is 1.22. The predicted molar refractivity (Wildman–Crippen MR) is 71.9 cm³/mol. The summed E-state index contributed by atoms with van der Waals surface area (Å²) in [6.07, 6.45) is 3.85. The summed E-state index contributed by atoms with van der Waals surface area (Å²) in [5.74, 6) is 0.744. The molecule has 1 aromatic rings. The van der Waals surface area contributed by atoms with Crippen LogP contribution in [0, 0.1) is 0 Å². The van der Waals surface area contributed by atoms with Crippen LogP contribution in [0.1, 0.15) is 25.1 Å². The van der Waals surface area contributed by atoms with E-state index in [9.17, 15) is 8.42 Å². The number of nitrogens with zero attached hydrogens (tertiary/aromatic N) is 1. The zero-order chi connectivity index (χ0) is 12.9. The lowest BCUT2D eigenvalue weighted by atomic mass is 10.1. The van der Waals surface area contributed by atoms with E-state index in [-0.39, 0.29) is 11.8 Å². The molecule has 1 aromatic heterocycles. The summed E-state index contributed by atoms with van der Waals surface area (Å²) in [6.45, 7) is 2.01. The minimum absolute atomic E-state index is 0.0231. The first kappa shape index (κ1) is 14.5. The van der Waals surface area contributed by atoms with Crippen molar-refractivity contribution < 1.29 is 8.42 Å². The van der Waals surface area contributed by atoms with E-state index < -0.39 is 9.84 Å². The largest absolute Gasteiger partial charge is 0.323 e. The summed E-state index contributed by atoms with van der Waals surface area (Å²) >= 11 is 1.49. The van der Waals surface area contributed by atoms with Gasteiger partial charge in [-0.2, -0.15) is 0 Å². The Morgan fingerprint density at radius 3 is 2.65 bits per heavy atom. The second-order valence-electron chi connectivity index (χ2n) is 3.91. The van der Waals surface area contributed by atoms with Gasteiger partial charge in [0, 0.05) is 29.1 Å². The Kier molecular flexibility index (Phi) is 5.42. The molecule has 4 nitrogen and oxygen atoms in total. The van der Waals surface area contributed by atoms with Crippen LogP contribution in [-0.2, 0) is 9.84 Å². The van der Waals surface area contributed by atoms with Crippen LogP contribution in [0.2, 0.25) is 0 Å². The third-order valence-electron chi connectivity index (χ3n) is 2.30. The van der Waals surface area contributed by atoms with Crippen molar-refractivity contribution in [2.24, 2.45) is 5.73 Å². The van der Waals surface area contributed by atoms with Crippen molar-refractivity contribution in [3.05, 3.63) is 24.0 Å². The minimum Gasteiger partial charge on any atom is -0.323 e. The summed E-state index contributed by atoms with van der Waals surface area (Å²) in [4.78, 5) is 5.24. The molecular formula is C11H18N2O2S2. The van der Waals surface area contributed by atoms with Gasteiger partial charge in [0.2, 0.25) is 0 Å². The van der Waals surface area contributed by atoms with Gasteiger partial charge < -0.3 is 5.73 Å². The number of aromatic nitrogens is 1. The van der Waals surface area contributed by atoms with E-state index >= 15 is 0 Å². The summed E-state index contributed by atoms with van der Waals surface area (Å²) < 4.78 is 21.9. The second kappa shape index (κ2) is 6.37. The summed E-state index contributed by atoms with van der Waals surface area (Å²) in [7, 11) is -2.88. The topological polar surface area (TPSA) is 73.1 Å². The molecule has 0 saturated heterocycles. The molecule has 6 heteroatoms. The van der Waals surface area contributed by atoms with Crippen molar-refractivity contribution in [1.29, 1.82) is 0 Å². The third kappa shape index (κ3) is 5.52. The molecule has 0 bridgehead atoms. The van der Waals surface area contributed by atoms with Crippen LogP contribution in [0.5, 0.6) is 0 Å². The molecule has 0 aliphatic carbocycles. The maximum Gasteiger partial charge on any atom is 0.148 e. The molecule has 2 N–H and O–H groups in total. The van der Waals surface area contributed by atoms with Crippen molar-refractivity contribution in [2.75, 3.05) is 17.8 Å². The molecule has 0 amide bonds. The van der Waals surface area contributed by atoms with Crippen LogP contribution in [0.4, 0.5) is 0 Å². The van der Waals surface area contributed by atoms with E-state index in [1.54, 1.807) is 6.20 Å². The van der Waals surface area contributed by atoms with Gasteiger partial charge in [-0.3, -0.25) is 4.98 Å². The van der Waals surface area contributed by atoms with E-state index in [1.165, 1.54) is 18.0 Å². The molecule has 1 rings (SSSR count). The highest BCUT2D eigenvalue weighted by atomic mass is 32.2. The molecule has 0 radical (unpaired) electrons. The Morgan fingerprint density at radius 1 is 1.47 bits per heavy atom. The number of rotatable bonds is 6. The van der Waals surface area contributed by atoms with E-state index in [0.717, 1.165) is 17.0 Å². The molecule has 0 spiro atoms. The third-order valence-corrected chi connectivity index (χ3v) is 4.49. The molecule has 1 atom stereocenters. The van der Waals surface area contributed by atoms with E-state index in [2.05, 4.69) is 4.98 Å². The minimum atomic E-state index is -2.88. The zero-order valence-electron chi connectivity index (χ0n) is 10.1. The van der Waals surface area contributed by atoms with Crippen molar-refractivity contribution in [1.82, 2.24) is 4.98 Å². The SMILES string of the molecule is CC[C@H](N)c1ccc(SCCS(C)(=O)=O)cn1. The highest BCUT2D eigenvalue weighted by Gasteiger charge is 2.06. The van der Waals surface area contributed by atoms with Crippen LogP contribution in [0.15, 0.2) is 23.2 Å². The molecule has 0 aliphatic rings. The lowest BCUT2D eigenvalue weighted by Gasteiger charge is -2.08. The molecule has 1 heterocycles. The lowest BCUT2D eigenvalue weighted by molar-refractivity contribution is 0.603. The van der Waals surface area contributed by atoms with Crippen LogP contribution in [0.3, 0.4) is 0 Å². The highest BCUT2D eigenvalue weighted by Crippen LogP contribution is 2.19. The Hall–Kier alpha value is -0.590. The van der Waals surface area contributed by atoms with E-state index in [1.807, 2.05) is 19.1 Å². The Balaban J connectivity index is 2.51. The van der Waals surface area contributed by atoms with Crippen LogP contribution < -0.4 is 5.73 Å². The molecule has 0 fully saturated rings. The standard InChI is InChI=1S/C11H18N2O2S2/c1-3-10(12)11-5-4-9(8-13-11)16-6-7-17(2,14)15/h4-5,8,10H,3,6-7,12H2,1-2H3/t10-/m0/s1.